The first-order chi connectivity index (χ1) is 11.0. The van der Waals surface area contributed by atoms with Crippen LogP contribution in [0.4, 0.5) is 4.39 Å². The first-order valence-electron chi connectivity index (χ1n) is 7.99. The summed E-state index contributed by atoms with van der Waals surface area (Å²) in [6, 6.07) is 3.67. The topological polar surface area (TPSA) is 64.6 Å². The van der Waals surface area contributed by atoms with E-state index in [1.165, 1.54) is 12.1 Å². The first kappa shape index (κ1) is 16.7. The molecule has 5 nitrogen and oxygen atoms in total. The van der Waals surface area contributed by atoms with Crippen molar-refractivity contribution in [2.24, 2.45) is 5.41 Å². The van der Waals surface area contributed by atoms with E-state index in [1.807, 2.05) is 0 Å². The van der Waals surface area contributed by atoms with Gasteiger partial charge in [0.05, 0.1) is 11.5 Å². The number of rotatable bonds is 5. The summed E-state index contributed by atoms with van der Waals surface area (Å²) in [6.45, 7) is 3.43. The molecule has 0 amide bonds. The Bertz CT molecular complexity index is 671. The SMILES string of the molecule is CCOc1ccc(S(=O)(=O)NC2CCC23CCOCC3)cc1F. The van der Waals surface area contributed by atoms with E-state index in [0.29, 0.717) is 19.8 Å². The summed E-state index contributed by atoms with van der Waals surface area (Å²) < 4.78 is 52.2. The zero-order valence-corrected chi connectivity index (χ0v) is 14.0. The minimum absolute atomic E-state index is 0.00905. The van der Waals surface area contributed by atoms with E-state index >= 15 is 0 Å². The zero-order chi connectivity index (χ0) is 16.5. The Morgan fingerprint density at radius 1 is 1.35 bits per heavy atom. The molecule has 1 N–H and O–H groups in total. The molecule has 23 heavy (non-hydrogen) atoms. The van der Waals surface area contributed by atoms with Gasteiger partial charge in [-0.05, 0) is 56.2 Å². The molecule has 2 fully saturated rings. The highest BCUT2D eigenvalue weighted by molar-refractivity contribution is 7.89. The summed E-state index contributed by atoms with van der Waals surface area (Å²) in [5.74, 6) is -0.597. The number of hydrogen-bond donors (Lipinski definition) is 1. The molecule has 128 valence electrons. The van der Waals surface area contributed by atoms with Crippen molar-refractivity contribution >= 4 is 10.0 Å². The van der Waals surface area contributed by atoms with Crippen LogP contribution in [0.15, 0.2) is 23.1 Å². The van der Waals surface area contributed by atoms with Gasteiger partial charge in [0.1, 0.15) is 0 Å². The van der Waals surface area contributed by atoms with Crippen LogP contribution in [0.5, 0.6) is 5.75 Å². The molecule has 1 aromatic carbocycles. The summed E-state index contributed by atoms with van der Waals surface area (Å²) in [6.07, 6.45) is 3.58. The van der Waals surface area contributed by atoms with E-state index in [4.69, 9.17) is 9.47 Å². The van der Waals surface area contributed by atoms with Gasteiger partial charge in [-0.15, -0.1) is 0 Å². The molecule has 1 unspecified atom stereocenters. The van der Waals surface area contributed by atoms with Crippen LogP contribution in [0.3, 0.4) is 0 Å². The Morgan fingerprint density at radius 2 is 2.09 bits per heavy atom. The monoisotopic (exact) mass is 343 g/mol. The third-order valence-corrected chi connectivity index (χ3v) is 6.44. The van der Waals surface area contributed by atoms with Gasteiger partial charge in [-0.2, -0.15) is 0 Å². The molecule has 1 aromatic rings. The predicted octanol–water partition coefficient (Wildman–Crippen LogP) is 2.46. The third-order valence-electron chi connectivity index (χ3n) is 4.97. The number of hydrogen-bond acceptors (Lipinski definition) is 4. The lowest BCUT2D eigenvalue weighted by molar-refractivity contribution is -0.0483. The van der Waals surface area contributed by atoms with Gasteiger partial charge >= 0.3 is 0 Å². The predicted molar refractivity (Wildman–Crippen MR) is 83.4 cm³/mol. The molecular formula is C16H22FNO4S. The molecule has 2 aliphatic rings. The van der Waals surface area contributed by atoms with E-state index in [-0.39, 0.29) is 22.1 Å². The zero-order valence-electron chi connectivity index (χ0n) is 13.2. The van der Waals surface area contributed by atoms with Crippen molar-refractivity contribution < 1.29 is 22.3 Å². The average molecular weight is 343 g/mol. The Morgan fingerprint density at radius 3 is 2.65 bits per heavy atom. The van der Waals surface area contributed by atoms with Crippen LogP contribution in [0.2, 0.25) is 0 Å². The molecule has 1 aliphatic heterocycles. The standard InChI is InChI=1S/C16H22FNO4S/c1-2-22-14-4-3-12(11-13(14)17)23(19,20)18-15-5-6-16(15)7-9-21-10-8-16/h3-4,11,15,18H,2,5-10H2,1H3. The van der Waals surface area contributed by atoms with E-state index < -0.39 is 15.8 Å². The Hall–Kier alpha value is -1.18. The summed E-state index contributed by atoms with van der Waals surface area (Å²) in [7, 11) is -3.74. The van der Waals surface area contributed by atoms with Gasteiger partial charge in [0.15, 0.2) is 11.6 Å². The largest absolute Gasteiger partial charge is 0.491 e. The number of halogens is 1. The van der Waals surface area contributed by atoms with Crippen LogP contribution < -0.4 is 9.46 Å². The van der Waals surface area contributed by atoms with Gasteiger partial charge in [0.25, 0.3) is 0 Å². The smallest absolute Gasteiger partial charge is 0.240 e. The third kappa shape index (κ3) is 3.22. The Kier molecular flexibility index (Phi) is 4.62. The minimum atomic E-state index is -3.74. The number of sulfonamides is 1. The highest BCUT2D eigenvalue weighted by Crippen LogP contribution is 2.49. The van der Waals surface area contributed by atoms with Crippen molar-refractivity contribution in [2.75, 3.05) is 19.8 Å². The van der Waals surface area contributed by atoms with E-state index in [0.717, 1.165) is 31.7 Å². The number of ether oxygens (including phenoxy) is 2. The van der Waals surface area contributed by atoms with Crippen molar-refractivity contribution in [2.45, 2.75) is 43.5 Å². The summed E-state index contributed by atoms with van der Waals surface area (Å²) in [5, 5.41) is 0. The molecule has 3 rings (SSSR count). The summed E-state index contributed by atoms with van der Waals surface area (Å²) >= 11 is 0. The average Bonchev–Trinajstić information content (AvgIpc) is 2.54. The molecule has 1 heterocycles. The van der Waals surface area contributed by atoms with Crippen molar-refractivity contribution in [3.8, 4) is 5.75 Å². The van der Waals surface area contributed by atoms with Crippen LogP contribution in [0, 0.1) is 11.2 Å². The Labute approximate surface area is 136 Å². The van der Waals surface area contributed by atoms with E-state index in [2.05, 4.69) is 4.72 Å². The maximum Gasteiger partial charge on any atom is 0.240 e. The maximum absolute atomic E-state index is 13.9. The molecule has 7 heteroatoms. The molecule has 1 saturated carbocycles. The summed E-state index contributed by atoms with van der Waals surface area (Å²) in [5.41, 5.74) is 0.00905. The van der Waals surface area contributed by atoms with Gasteiger partial charge in [0, 0.05) is 19.3 Å². The molecule has 0 radical (unpaired) electrons. The highest BCUT2D eigenvalue weighted by Gasteiger charge is 2.48. The normalized spacial score (nSPS) is 23.5. The van der Waals surface area contributed by atoms with Crippen molar-refractivity contribution in [1.82, 2.24) is 4.72 Å². The molecule has 1 saturated heterocycles. The molecule has 1 spiro atoms. The van der Waals surface area contributed by atoms with Crippen LogP contribution >= 0.6 is 0 Å². The lowest BCUT2D eigenvalue weighted by Crippen LogP contribution is -2.57. The lowest BCUT2D eigenvalue weighted by atomic mass is 9.60. The Balaban J connectivity index is 1.75. The van der Waals surface area contributed by atoms with Crippen molar-refractivity contribution in [3.05, 3.63) is 24.0 Å². The van der Waals surface area contributed by atoms with E-state index in [1.54, 1.807) is 6.92 Å². The molecule has 0 bridgehead atoms. The first-order valence-corrected chi connectivity index (χ1v) is 9.48. The quantitative estimate of drug-likeness (QED) is 0.892. The lowest BCUT2D eigenvalue weighted by Gasteiger charge is -2.51. The van der Waals surface area contributed by atoms with Gasteiger partial charge in [0.2, 0.25) is 10.0 Å². The van der Waals surface area contributed by atoms with Gasteiger partial charge in [-0.3, -0.25) is 0 Å². The fraction of sp³-hybridized carbons (Fsp3) is 0.625. The van der Waals surface area contributed by atoms with Crippen LogP contribution in [0.25, 0.3) is 0 Å². The molecule has 0 aromatic heterocycles. The van der Waals surface area contributed by atoms with Crippen LogP contribution in [-0.4, -0.2) is 34.3 Å². The molecule has 1 aliphatic carbocycles. The fourth-order valence-corrected chi connectivity index (χ4v) is 4.82. The number of nitrogens with one attached hydrogen (secondary N) is 1. The van der Waals surface area contributed by atoms with Gasteiger partial charge in [-0.25, -0.2) is 17.5 Å². The van der Waals surface area contributed by atoms with Gasteiger partial charge < -0.3 is 9.47 Å². The minimum Gasteiger partial charge on any atom is -0.491 e. The second-order valence-electron chi connectivity index (χ2n) is 6.21. The maximum atomic E-state index is 13.9. The second-order valence-corrected chi connectivity index (χ2v) is 7.93. The second kappa shape index (κ2) is 6.37. The highest BCUT2D eigenvalue weighted by atomic mass is 32.2. The van der Waals surface area contributed by atoms with Crippen molar-refractivity contribution in [1.29, 1.82) is 0 Å². The summed E-state index contributed by atoms with van der Waals surface area (Å²) in [4.78, 5) is -0.0624. The van der Waals surface area contributed by atoms with Crippen LogP contribution in [0.1, 0.15) is 32.6 Å². The van der Waals surface area contributed by atoms with Crippen LogP contribution in [-0.2, 0) is 14.8 Å². The number of benzene rings is 1. The molecule has 1 atom stereocenters. The van der Waals surface area contributed by atoms with E-state index in [9.17, 15) is 12.8 Å². The van der Waals surface area contributed by atoms with Gasteiger partial charge in [-0.1, -0.05) is 0 Å². The molecular weight excluding hydrogens is 321 g/mol. The fourth-order valence-electron chi connectivity index (χ4n) is 3.43. The van der Waals surface area contributed by atoms with Crippen molar-refractivity contribution in [3.63, 3.8) is 0 Å².